The van der Waals surface area contributed by atoms with E-state index in [4.69, 9.17) is 0 Å². The predicted molar refractivity (Wildman–Crippen MR) is 77.2 cm³/mol. The Balaban J connectivity index is 1.94. The van der Waals surface area contributed by atoms with Gasteiger partial charge in [0, 0.05) is 12.1 Å². The highest BCUT2D eigenvalue weighted by Crippen LogP contribution is 2.34. The molecule has 3 heteroatoms. The van der Waals surface area contributed by atoms with E-state index in [-0.39, 0.29) is 12.0 Å². The van der Waals surface area contributed by atoms with Gasteiger partial charge in [-0.3, -0.25) is 9.69 Å². The van der Waals surface area contributed by atoms with E-state index in [0.717, 1.165) is 25.2 Å². The number of nitrogens with zero attached hydrogens (tertiary/aromatic N) is 1. The van der Waals surface area contributed by atoms with E-state index in [1.807, 2.05) is 0 Å². The predicted octanol–water partition coefficient (Wildman–Crippen LogP) is 3.53. The maximum absolute atomic E-state index is 11.4. The number of hydrogen-bond donors (Lipinski definition) is 1. The van der Waals surface area contributed by atoms with E-state index in [1.165, 1.54) is 38.5 Å². The summed E-state index contributed by atoms with van der Waals surface area (Å²) in [4.78, 5) is 13.8. The maximum Gasteiger partial charge on any atom is 0.308 e. The summed E-state index contributed by atoms with van der Waals surface area (Å²) >= 11 is 0. The third kappa shape index (κ3) is 3.50. The van der Waals surface area contributed by atoms with Gasteiger partial charge in [-0.25, -0.2) is 0 Å². The van der Waals surface area contributed by atoms with Gasteiger partial charge in [-0.2, -0.15) is 0 Å². The molecule has 19 heavy (non-hydrogen) atoms. The van der Waals surface area contributed by atoms with Gasteiger partial charge in [0.25, 0.3) is 0 Å². The summed E-state index contributed by atoms with van der Waals surface area (Å²) in [6.45, 7) is 2.29. The molecule has 0 saturated heterocycles. The molecule has 3 nitrogen and oxygen atoms in total. The van der Waals surface area contributed by atoms with Gasteiger partial charge >= 0.3 is 5.97 Å². The summed E-state index contributed by atoms with van der Waals surface area (Å²) in [5.41, 5.74) is 0. The molecule has 0 radical (unpaired) electrons. The lowest BCUT2D eigenvalue weighted by Crippen LogP contribution is -2.49. The zero-order chi connectivity index (χ0) is 13.8. The van der Waals surface area contributed by atoms with Crippen molar-refractivity contribution in [2.45, 2.75) is 76.8 Å². The maximum atomic E-state index is 11.4. The molecular weight excluding hydrogens is 238 g/mol. The Bertz CT molecular complexity index is 297. The first-order valence-electron chi connectivity index (χ1n) is 8.08. The minimum absolute atomic E-state index is 0.136. The van der Waals surface area contributed by atoms with Crippen LogP contribution in [0.1, 0.15) is 64.7 Å². The molecular formula is C16H29NO2. The van der Waals surface area contributed by atoms with E-state index < -0.39 is 5.97 Å². The van der Waals surface area contributed by atoms with E-state index >= 15 is 0 Å². The van der Waals surface area contributed by atoms with Crippen LogP contribution >= 0.6 is 0 Å². The van der Waals surface area contributed by atoms with Crippen LogP contribution in [-0.4, -0.2) is 35.1 Å². The standard InChI is InChI=1S/C16H29NO2/c1-3-12-8-10-13(11-9-12)17(2)15-7-5-4-6-14(15)16(18)19/h12-15H,3-11H2,1-2H3,(H,18,19). The van der Waals surface area contributed by atoms with Crippen LogP contribution in [0.15, 0.2) is 0 Å². The number of carbonyl (C=O) groups is 1. The van der Waals surface area contributed by atoms with E-state index in [0.29, 0.717) is 6.04 Å². The van der Waals surface area contributed by atoms with Crippen LogP contribution in [0.4, 0.5) is 0 Å². The second-order valence-electron chi connectivity index (χ2n) is 6.54. The number of aliphatic carboxylic acids is 1. The largest absolute Gasteiger partial charge is 0.481 e. The minimum atomic E-state index is -0.584. The first-order chi connectivity index (χ1) is 9.13. The molecule has 2 rings (SSSR count). The van der Waals surface area contributed by atoms with Crippen LogP contribution in [-0.2, 0) is 4.79 Å². The highest BCUT2D eigenvalue weighted by Gasteiger charge is 2.36. The van der Waals surface area contributed by atoms with Crippen LogP contribution in [0.25, 0.3) is 0 Å². The average molecular weight is 267 g/mol. The minimum Gasteiger partial charge on any atom is -0.481 e. The fourth-order valence-corrected chi connectivity index (χ4v) is 4.12. The van der Waals surface area contributed by atoms with Crippen molar-refractivity contribution in [3.63, 3.8) is 0 Å². The molecule has 0 spiro atoms. The number of carboxylic acid groups (broad SMARTS) is 1. The molecule has 2 saturated carbocycles. The van der Waals surface area contributed by atoms with Crippen molar-refractivity contribution in [2.24, 2.45) is 11.8 Å². The average Bonchev–Trinajstić information content (AvgIpc) is 2.46. The van der Waals surface area contributed by atoms with Gasteiger partial charge in [0.05, 0.1) is 5.92 Å². The highest BCUT2D eigenvalue weighted by atomic mass is 16.4. The summed E-state index contributed by atoms with van der Waals surface area (Å²) < 4.78 is 0. The molecule has 1 N–H and O–H groups in total. The van der Waals surface area contributed by atoms with Crippen LogP contribution in [0.3, 0.4) is 0 Å². The molecule has 2 aliphatic rings. The van der Waals surface area contributed by atoms with Crippen molar-refractivity contribution < 1.29 is 9.90 Å². The third-order valence-electron chi connectivity index (χ3n) is 5.54. The Morgan fingerprint density at radius 1 is 1.11 bits per heavy atom. The normalized spacial score (nSPS) is 36.4. The van der Waals surface area contributed by atoms with Crippen LogP contribution in [0.5, 0.6) is 0 Å². The smallest absolute Gasteiger partial charge is 0.308 e. The molecule has 0 amide bonds. The third-order valence-corrected chi connectivity index (χ3v) is 5.54. The molecule has 0 heterocycles. The van der Waals surface area contributed by atoms with Gasteiger partial charge < -0.3 is 5.11 Å². The van der Waals surface area contributed by atoms with Crippen LogP contribution in [0, 0.1) is 11.8 Å². The second kappa shape index (κ2) is 6.74. The van der Waals surface area contributed by atoms with Gasteiger partial charge in [0.1, 0.15) is 0 Å². The fraction of sp³-hybridized carbons (Fsp3) is 0.938. The fourth-order valence-electron chi connectivity index (χ4n) is 4.12. The van der Waals surface area contributed by atoms with Crippen molar-refractivity contribution in [2.75, 3.05) is 7.05 Å². The summed E-state index contributed by atoms with van der Waals surface area (Å²) in [6, 6.07) is 0.891. The Kier molecular flexibility index (Phi) is 5.26. The molecule has 0 aliphatic heterocycles. The Morgan fingerprint density at radius 3 is 2.32 bits per heavy atom. The Hall–Kier alpha value is -0.570. The Morgan fingerprint density at radius 2 is 1.74 bits per heavy atom. The monoisotopic (exact) mass is 267 g/mol. The summed E-state index contributed by atoms with van der Waals surface area (Å²) in [6.07, 6.45) is 10.7. The number of hydrogen-bond acceptors (Lipinski definition) is 2. The SMILES string of the molecule is CCC1CCC(N(C)C2CCCCC2C(=O)O)CC1. The van der Waals surface area contributed by atoms with Crippen LogP contribution in [0.2, 0.25) is 0 Å². The number of rotatable bonds is 4. The molecule has 2 atom stereocenters. The lowest BCUT2D eigenvalue weighted by atomic mass is 9.80. The van der Waals surface area contributed by atoms with Crippen molar-refractivity contribution in [3.05, 3.63) is 0 Å². The van der Waals surface area contributed by atoms with Gasteiger partial charge in [-0.1, -0.05) is 26.2 Å². The molecule has 0 aromatic carbocycles. The van der Waals surface area contributed by atoms with Crippen molar-refractivity contribution in [1.29, 1.82) is 0 Å². The first kappa shape index (κ1) is 14.8. The van der Waals surface area contributed by atoms with Gasteiger partial charge in [-0.05, 0) is 51.5 Å². The zero-order valence-corrected chi connectivity index (χ0v) is 12.5. The molecule has 2 fully saturated rings. The van der Waals surface area contributed by atoms with E-state index in [1.54, 1.807) is 0 Å². The molecule has 110 valence electrons. The molecule has 0 aromatic rings. The first-order valence-corrected chi connectivity index (χ1v) is 8.08. The summed E-state index contributed by atoms with van der Waals surface area (Å²) in [7, 11) is 2.17. The topological polar surface area (TPSA) is 40.5 Å². The lowest BCUT2D eigenvalue weighted by Gasteiger charge is -2.42. The van der Waals surface area contributed by atoms with Crippen molar-refractivity contribution >= 4 is 5.97 Å². The van der Waals surface area contributed by atoms with Gasteiger partial charge in [0.2, 0.25) is 0 Å². The van der Waals surface area contributed by atoms with Gasteiger partial charge in [0.15, 0.2) is 0 Å². The van der Waals surface area contributed by atoms with E-state index in [9.17, 15) is 9.90 Å². The summed E-state index contributed by atoms with van der Waals surface area (Å²) in [5.74, 6) is 0.188. The summed E-state index contributed by atoms with van der Waals surface area (Å²) in [5, 5.41) is 9.41. The Labute approximate surface area is 117 Å². The molecule has 2 unspecified atom stereocenters. The van der Waals surface area contributed by atoms with E-state index in [2.05, 4.69) is 18.9 Å². The second-order valence-corrected chi connectivity index (χ2v) is 6.54. The van der Waals surface area contributed by atoms with Crippen molar-refractivity contribution in [1.82, 2.24) is 4.90 Å². The molecule has 0 bridgehead atoms. The zero-order valence-electron chi connectivity index (χ0n) is 12.5. The number of carboxylic acids is 1. The molecule has 0 aromatic heterocycles. The quantitative estimate of drug-likeness (QED) is 0.847. The van der Waals surface area contributed by atoms with Crippen molar-refractivity contribution in [3.8, 4) is 0 Å². The highest BCUT2D eigenvalue weighted by molar-refractivity contribution is 5.71. The van der Waals surface area contributed by atoms with Crippen LogP contribution < -0.4 is 0 Å². The molecule has 2 aliphatic carbocycles. The lowest BCUT2D eigenvalue weighted by molar-refractivity contribution is -0.146. The van der Waals surface area contributed by atoms with Gasteiger partial charge in [-0.15, -0.1) is 0 Å².